The molecule has 1 aliphatic carbocycles. The van der Waals surface area contributed by atoms with E-state index >= 15 is 0 Å². The minimum Gasteiger partial charge on any atom is -0.476 e. The molecule has 1 spiro atoms. The van der Waals surface area contributed by atoms with E-state index in [0.717, 1.165) is 43.2 Å². The molecule has 10 nitrogen and oxygen atoms in total. The predicted octanol–water partition coefficient (Wildman–Crippen LogP) is 5.52. The first-order valence-corrected chi connectivity index (χ1v) is 18.2. The lowest BCUT2D eigenvalue weighted by Crippen LogP contribution is -2.64. The van der Waals surface area contributed by atoms with E-state index in [9.17, 15) is 0 Å². The number of rotatable bonds is 13. The molecule has 218 valence electrons. The fourth-order valence-electron chi connectivity index (χ4n) is 5.32. The van der Waals surface area contributed by atoms with Gasteiger partial charge < -0.3 is 34.7 Å². The molecule has 0 atom stereocenters. The third kappa shape index (κ3) is 6.60. The van der Waals surface area contributed by atoms with Crippen LogP contribution in [0.1, 0.15) is 19.3 Å². The van der Waals surface area contributed by atoms with Gasteiger partial charge in [0, 0.05) is 53.0 Å². The van der Waals surface area contributed by atoms with Crippen LogP contribution < -0.4 is 20.7 Å². The minimum atomic E-state index is -1.17. The van der Waals surface area contributed by atoms with Crippen LogP contribution in [0, 0.1) is 5.41 Å². The zero-order chi connectivity index (χ0) is 28.5. The lowest BCUT2D eigenvalue weighted by Gasteiger charge is -2.59. The number of aromatic nitrogens is 4. The second-order valence-corrected chi connectivity index (χ2v) is 18.5. The molecule has 3 aromatic rings. The highest BCUT2D eigenvalue weighted by Crippen LogP contribution is 2.50. The maximum atomic E-state index is 6.57. The van der Waals surface area contributed by atoms with Crippen LogP contribution in [0.15, 0.2) is 18.3 Å². The molecule has 0 amide bonds. The lowest BCUT2D eigenvalue weighted by molar-refractivity contribution is -0.0733. The van der Waals surface area contributed by atoms with Crippen LogP contribution >= 0.6 is 23.2 Å². The third-order valence-corrected chi connectivity index (χ3v) is 9.79. The van der Waals surface area contributed by atoms with Crippen molar-refractivity contribution in [3.8, 4) is 5.88 Å². The Bertz CT molecular complexity index is 1340. The van der Waals surface area contributed by atoms with Crippen molar-refractivity contribution in [1.82, 2.24) is 19.5 Å². The molecule has 1 saturated carbocycles. The summed E-state index contributed by atoms with van der Waals surface area (Å²) in [5.74, 6) is 1.94. The summed E-state index contributed by atoms with van der Waals surface area (Å²) in [6.07, 6.45) is 5.15. The van der Waals surface area contributed by atoms with Crippen LogP contribution in [-0.4, -0.2) is 73.7 Å². The molecule has 0 radical (unpaired) electrons. The van der Waals surface area contributed by atoms with Crippen molar-refractivity contribution in [3.05, 3.63) is 28.6 Å². The second kappa shape index (κ2) is 11.9. The Morgan fingerprint density at radius 2 is 1.90 bits per heavy atom. The number of nitrogen functional groups attached to an aromatic ring is 1. The normalized spacial score (nSPS) is 16.8. The Balaban J connectivity index is 1.12. The fraction of sp³-hybridized carbons (Fsp3) is 0.593. The van der Waals surface area contributed by atoms with Gasteiger partial charge in [-0.3, -0.25) is 0 Å². The molecule has 13 heteroatoms. The lowest BCUT2D eigenvalue weighted by atomic mass is 9.62. The van der Waals surface area contributed by atoms with Gasteiger partial charge in [-0.25, -0.2) is 0 Å². The number of halogens is 2. The standard InChI is InChI=1S/C27H39Cl2N7O3Si/c1-37-18-12-27(13-18)15-36(16-27)21-7-6-20(30)25(32-21)39-9-5-8-31-23-22-19(28)14-35(24(22)34-26(29)33-23)17-38-10-11-40(2,3)4/h6-7,14,18H,5,8-13,15-17,30H2,1-4H3,(H,31,33,34). The van der Waals surface area contributed by atoms with Gasteiger partial charge in [0.05, 0.1) is 28.8 Å². The number of fused-ring (bicyclic) bond motifs is 1. The monoisotopic (exact) mass is 607 g/mol. The number of nitrogens with zero attached hydrogens (tertiary/aromatic N) is 5. The molecule has 2 aliphatic rings. The van der Waals surface area contributed by atoms with E-state index in [1.807, 2.05) is 22.9 Å². The van der Waals surface area contributed by atoms with Gasteiger partial charge in [-0.05, 0) is 49.0 Å². The highest BCUT2D eigenvalue weighted by atomic mass is 35.5. The average Bonchev–Trinajstić information content (AvgIpc) is 3.16. The van der Waals surface area contributed by atoms with Gasteiger partial charge in [0.2, 0.25) is 11.2 Å². The van der Waals surface area contributed by atoms with E-state index in [2.05, 4.69) is 44.8 Å². The number of methoxy groups -OCH3 is 1. The Morgan fingerprint density at radius 3 is 2.62 bits per heavy atom. The summed E-state index contributed by atoms with van der Waals surface area (Å²) in [7, 11) is 0.620. The SMILES string of the molecule is COC1CC2(C1)CN(c1ccc(N)c(OCCCNc3nc(Cl)nc4c3c(Cl)cn4COCC[Si](C)(C)C)n1)C2. The maximum Gasteiger partial charge on any atom is 0.239 e. The summed E-state index contributed by atoms with van der Waals surface area (Å²) in [4.78, 5) is 15.7. The van der Waals surface area contributed by atoms with Crippen LogP contribution in [-0.2, 0) is 16.2 Å². The minimum absolute atomic E-state index is 0.144. The van der Waals surface area contributed by atoms with Crippen LogP contribution in [0.25, 0.3) is 11.0 Å². The van der Waals surface area contributed by atoms with Gasteiger partial charge in [-0.1, -0.05) is 31.2 Å². The van der Waals surface area contributed by atoms with E-state index in [4.69, 9.17) is 43.1 Å². The number of hydrogen-bond donors (Lipinski definition) is 2. The number of nitrogens with one attached hydrogen (secondary N) is 1. The first kappa shape index (κ1) is 29.2. The van der Waals surface area contributed by atoms with Gasteiger partial charge in [0.15, 0.2) is 5.65 Å². The highest BCUT2D eigenvalue weighted by molar-refractivity contribution is 6.76. The molecule has 0 aromatic carbocycles. The van der Waals surface area contributed by atoms with Crippen molar-refractivity contribution in [2.24, 2.45) is 5.41 Å². The molecule has 2 fully saturated rings. The highest BCUT2D eigenvalue weighted by Gasteiger charge is 2.53. The smallest absolute Gasteiger partial charge is 0.239 e. The van der Waals surface area contributed by atoms with Crippen molar-refractivity contribution in [3.63, 3.8) is 0 Å². The number of ether oxygens (including phenoxy) is 3. The summed E-state index contributed by atoms with van der Waals surface area (Å²) in [5, 5.41) is 4.73. The number of nitrogens with two attached hydrogens (primary N) is 1. The molecule has 40 heavy (non-hydrogen) atoms. The summed E-state index contributed by atoms with van der Waals surface area (Å²) in [6, 6.07) is 4.91. The van der Waals surface area contributed by atoms with Crippen LogP contribution in [0.4, 0.5) is 17.3 Å². The molecule has 0 bridgehead atoms. The molecule has 5 rings (SSSR count). The molecule has 1 saturated heterocycles. The molecular formula is C27H39Cl2N7O3Si. The number of anilines is 3. The van der Waals surface area contributed by atoms with Gasteiger partial charge in [-0.15, -0.1) is 0 Å². The van der Waals surface area contributed by atoms with Gasteiger partial charge in [-0.2, -0.15) is 15.0 Å². The Morgan fingerprint density at radius 1 is 1.12 bits per heavy atom. The van der Waals surface area contributed by atoms with E-state index in [0.29, 0.717) is 72.5 Å². The zero-order valence-corrected chi connectivity index (χ0v) is 26.2. The van der Waals surface area contributed by atoms with Crippen LogP contribution in [0.5, 0.6) is 5.88 Å². The Hall–Kier alpha value is -2.31. The molecular weight excluding hydrogens is 569 g/mol. The van der Waals surface area contributed by atoms with Crippen LogP contribution in [0.3, 0.4) is 0 Å². The predicted molar refractivity (Wildman–Crippen MR) is 164 cm³/mol. The number of pyridine rings is 1. The quantitative estimate of drug-likeness (QED) is 0.147. The largest absolute Gasteiger partial charge is 0.476 e. The summed E-state index contributed by atoms with van der Waals surface area (Å²) < 4.78 is 19.2. The second-order valence-electron chi connectivity index (χ2n) is 12.1. The summed E-state index contributed by atoms with van der Waals surface area (Å²) >= 11 is 12.8. The van der Waals surface area contributed by atoms with Crippen LogP contribution in [0.2, 0.25) is 36.0 Å². The third-order valence-electron chi connectivity index (χ3n) is 7.63. The fourth-order valence-corrected chi connectivity index (χ4v) is 6.53. The molecule has 3 N–H and O–H groups in total. The first-order chi connectivity index (χ1) is 19.1. The van der Waals surface area contributed by atoms with Gasteiger partial charge in [0.25, 0.3) is 0 Å². The van der Waals surface area contributed by atoms with E-state index < -0.39 is 8.07 Å². The van der Waals surface area contributed by atoms with Crippen molar-refractivity contribution in [1.29, 1.82) is 0 Å². The van der Waals surface area contributed by atoms with E-state index in [1.54, 1.807) is 7.11 Å². The first-order valence-electron chi connectivity index (χ1n) is 13.8. The van der Waals surface area contributed by atoms with E-state index in [1.165, 1.54) is 0 Å². The molecule has 1 aliphatic heterocycles. The summed E-state index contributed by atoms with van der Waals surface area (Å²) in [5.41, 5.74) is 7.70. The molecule has 0 unspecified atom stereocenters. The average molecular weight is 609 g/mol. The zero-order valence-electron chi connectivity index (χ0n) is 23.7. The molecule has 4 heterocycles. The summed E-state index contributed by atoms with van der Waals surface area (Å²) in [6.45, 7) is 11.1. The van der Waals surface area contributed by atoms with Crippen molar-refractivity contribution >= 4 is 59.6 Å². The van der Waals surface area contributed by atoms with Crippen molar-refractivity contribution < 1.29 is 14.2 Å². The Kier molecular flexibility index (Phi) is 8.68. The molecule has 3 aromatic heterocycles. The van der Waals surface area contributed by atoms with Gasteiger partial charge in [0.1, 0.15) is 18.4 Å². The Labute approximate surface area is 246 Å². The number of hydrogen-bond acceptors (Lipinski definition) is 9. The van der Waals surface area contributed by atoms with Gasteiger partial charge >= 0.3 is 0 Å². The van der Waals surface area contributed by atoms with E-state index in [-0.39, 0.29) is 5.28 Å². The topological polar surface area (TPSA) is 113 Å². The van der Waals surface area contributed by atoms with Crippen molar-refractivity contribution in [2.45, 2.75) is 57.8 Å². The van der Waals surface area contributed by atoms with Crippen molar-refractivity contribution in [2.75, 3.05) is 55.9 Å². The maximum absolute atomic E-state index is 6.57.